The summed E-state index contributed by atoms with van der Waals surface area (Å²) in [6, 6.07) is 15.5. The van der Waals surface area contributed by atoms with Crippen LogP contribution in [0.3, 0.4) is 0 Å². The van der Waals surface area contributed by atoms with Gasteiger partial charge < -0.3 is 9.80 Å². The van der Waals surface area contributed by atoms with Crippen LogP contribution in [0.4, 0.5) is 11.4 Å². The molecule has 2 aromatic rings. The van der Waals surface area contributed by atoms with E-state index >= 15 is 0 Å². The van der Waals surface area contributed by atoms with Crippen molar-refractivity contribution in [1.29, 1.82) is 5.26 Å². The molecule has 112 valence electrons. The Balaban J connectivity index is 1.68. The summed E-state index contributed by atoms with van der Waals surface area (Å²) in [4.78, 5) is 4.60. The number of hydrogen-bond acceptors (Lipinski definition) is 3. The highest BCUT2D eigenvalue weighted by molar-refractivity contribution is 6.36. The quantitative estimate of drug-likeness (QED) is 0.826. The lowest BCUT2D eigenvalue weighted by Crippen LogP contribution is -2.46. The van der Waals surface area contributed by atoms with Gasteiger partial charge in [0.05, 0.1) is 22.3 Å². The molecule has 0 radical (unpaired) electrons. The molecular weight excluding hydrogens is 317 g/mol. The lowest BCUT2D eigenvalue weighted by molar-refractivity contribution is 0.653. The normalized spacial score (nSPS) is 14.8. The monoisotopic (exact) mass is 331 g/mol. The number of benzene rings is 2. The molecule has 0 N–H and O–H groups in total. The summed E-state index contributed by atoms with van der Waals surface area (Å²) in [5.74, 6) is 0. The molecule has 0 aliphatic carbocycles. The van der Waals surface area contributed by atoms with Gasteiger partial charge in [-0.05, 0) is 42.5 Å². The van der Waals surface area contributed by atoms with E-state index in [9.17, 15) is 0 Å². The van der Waals surface area contributed by atoms with Crippen molar-refractivity contribution < 1.29 is 0 Å². The molecule has 1 saturated heterocycles. The summed E-state index contributed by atoms with van der Waals surface area (Å²) < 4.78 is 0. The van der Waals surface area contributed by atoms with E-state index in [1.54, 1.807) is 6.07 Å². The van der Waals surface area contributed by atoms with Gasteiger partial charge in [-0.15, -0.1) is 0 Å². The van der Waals surface area contributed by atoms with Crippen LogP contribution in [0, 0.1) is 11.3 Å². The maximum atomic E-state index is 8.85. The molecular formula is C17H15Cl2N3. The zero-order chi connectivity index (χ0) is 15.5. The summed E-state index contributed by atoms with van der Waals surface area (Å²) in [5.41, 5.74) is 2.88. The van der Waals surface area contributed by atoms with Gasteiger partial charge in [0.2, 0.25) is 0 Å². The number of anilines is 2. The van der Waals surface area contributed by atoms with E-state index in [4.69, 9.17) is 28.5 Å². The Kier molecular flexibility index (Phi) is 4.42. The van der Waals surface area contributed by atoms with Crippen molar-refractivity contribution in [3.63, 3.8) is 0 Å². The van der Waals surface area contributed by atoms with Crippen molar-refractivity contribution in [3.05, 3.63) is 58.1 Å². The standard InChI is InChI=1S/C17H15Cl2N3/c18-14-3-6-17(16(19)11-14)22-9-7-21(8-10-22)15-4-1-13(12-20)2-5-15/h1-6,11H,7-10H2. The molecule has 1 aliphatic rings. The fourth-order valence-electron chi connectivity index (χ4n) is 2.69. The maximum absolute atomic E-state index is 8.85. The first-order chi connectivity index (χ1) is 10.7. The van der Waals surface area contributed by atoms with Crippen LogP contribution in [0.15, 0.2) is 42.5 Å². The van der Waals surface area contributed by atoms with Gasteiger partial charge in [-0.25, -0.2) is 0 Å². The Morgan fingerprint density at radius 3 is 2.09 bits per heavy atom. The average Bonchev–Trinajstić information content (AvgIpc) is 2.55. The Morgan fingerprint density at radius 2 is 1.50 bits per heavy atom. The van der Waals surface area contributed by atoms with Crippen molar-refractivity contribution >= 4 is 34.6 Å². The molecule has 5 heteroatoms. The molecule has 0 bridgehead atoms. The minimum Gasteiger partial charge on any atom is -0.368 e. The van der Waals surface area contributed by atoms with Gasteiger partial charge >= 0.3 is 0 Å². The van der Waals surface area contributed by atoms with E-state index in [1.807, 2.05) is 36.4 Å². The van der Waals surface area contributed by atoms with Gasteiger partial charge in [-0.3, -0.25) is 0 Å². The van der Waals surface area contributed by atoms with E-state index < -0.39 is 0 Å². The molecule has 3 nitrogen and oxygen atoms in total. The van der Waals surface area contributed by atoms with Crippen molar-refractivity contribution in [1.82, 2.24) is 0 Å². The number of nitrogens with zero attached hydrogens (tertiary/aromatic N) is 3. The first-order valence-corrected chi connectivity index (χ1v) is 7.88. The first-order valence-electron chi connectivity index (χ1n) is 7.12. The molecule has 1 heterocycles. The van der Waals surface area contributed by atoms with Crippen molar-refractivity contribution in [2.75, 3.05) is 36.0 Å². The number of piperazine rings is 1. The summed E-state index contributed by atoms with van der Waals surface area (Å²) in [6.45, 7) is 3.65. The smallest absolute Gasteiger partial charge is 0.0991 e. The minimum absolute atomic E-state index is 0.657. The van der Waals surface area contributed by atoms with E-state index in [2.05, 4.69) is 15.9 Å². The molecule has 0 amide bonds. The highest BCUT2D eigenvalue weighted by atomic mass is 35.5. The molecule has 0 saturated carbocycles. The summed E-state index contributed by atoms with van der Waals surface area (Å²) in [7, 11) is 0. The van der Waals surface area contributed by atoms with Crippen molar-refractivity contribution in [3.8, 4) is 6.07 Å². The Morgan fingerprint density at radius 1 is 0.864 bits per heavy atom. The number of nitriles is 1. The number of halogens is 2. The summed E-state index contributed by atoms with van der Waals surface area (Å²) >= 11 is 12.2. The number of rotatable bonds is 2. The topological polar surface area (TPSA) is 30.3 Å². The van der Waals surface area contributed by atoms with Crippen molar-refractivity contribution in [2.24, 2.45) is 0 Å². The van der Waals surface area contributed by atoms with Gasteiger partial charge in [0, 0.05) is 36.9 Å². The van der Waals surface area contributed by atoms with E-state index in [0.717, 1.165) is 37.6 Å². The molecule has 0 unspecified atom stereocenters. The molecule has 0 atom stereocenters. The lowest BCUT2D eigenvalue weighted by Gasteiger charge is -2.37. The van der Waals surface area contributed by atoms with Crippen LogP contribution in [0.1, 0.15) is 5.56 Å². The van der Waals surface area contributed by atoms with Crippen LogP contribution < -0.4 is 9.80 Å². The van der Waals surface area contributed by atoms with Gasteiger partial charge in [-0.2, -0.15) is 5.26 Å². The zero-order valence-electron chi connectivity index (χ0n) is 12.0. The predicted octanol–water partition coefficient (Wildman–Crippen LogP) is 4.19. The van der Waals surface area contributed by atoms with Crippen LogP contribution in [0.25, 0.3) is 0 Å². The molecule has 1 fully saturated rings. The summed E-state index contributed by atoms with van der Waals surface area (Å²) in [5, 5.41) is 10.2. The van der Waals surface area contributed by atoms with Gasteiger partial charge in [-0.1, -0.05) is 23.2 Å². The molecule has 0 spiro atoms. The van der Waals surface area contributed by atoms with Crippen LogP contribution in [0.5, 0.6) is 0 Å². The van der Waals surface area contributed by atoms with Gasteiger partial charge in [0.25, 0.3) is 0 Å². The highest BCUT2D eigenvalue weighted by Crippen LogP contribution is 2.30. The molecule has 22 heavy (non-hydrogen) atoms. The first kappa shape index (κ1) is 15.0. The van der Waals surface area contributed by atoms with Crippen LogP contribution in [-0.4, -0.2) is 26.2 Å². The highest BCUT2D eigenvalue weighted by Gasteiger charge is 2.19. The Bertz CT molecular complexity index is 699. The molecule has 0 aromatic heterocycles. The second kappa shape index (κ2) is 6.48. The van der Waals surface area contributed by atoms with Crippen LogP contribution in [0.2, 0.25) is 10.0 Å². The molecule has 1 aliphatic heterocycles. The van der Waals surface area contributed by atoms with E-state index in [0.29, 0.717) is 15.6 Å². The molecule has 2 aromatic carbocycles. The second-order valence-corrected chi connectivity index (χ2v) is 6.07. The van der Waals surface area contributed by atoms with Gasteiger partial charge in [0.1, 0.15) is 0 Å². The van der Waals surface area contributed by atoms with E-state index in [1.165, 1.54) is 0 Å². The van der Waals surface area contributed by atoms with E-state index in [-0.39, 0.29) is 0 Å². The largest absolute Gasteiger partial charge is 0.368 e. The third-order valence-corrected chi connectivity index (χ3v) is 4.43. The maximum Gasteiger partial charge on any atom is 0.0991 e. The second-order valence-electron chi connectivity index (χ2n) is 5.23. The fourth-order valence-corrected chi connectivity index (χ4v) is 3.22. The minimum atomic E-state index is 0.657. The SMILES string of the molecule is N#Cc1ccc(N2CCN(c3ccc(Cl)cc3Cl)CC2)cc1. The Labute approximate surface area is 140 Å². The third-order valence-electron chi connectivity index (χ3n) is 3.89. The Hall–Kier alpha value is -1.89. The third kappa shape index (κ3) is 3.14. The average molecular weight is 332 g/mol. The summed E-state index contributed by atoms with van der Waals surface area (Å²) in [6.07, 6.45) is 0. The predicted molar refractivity (Wildman–Crippen MR) is 92.0 cm³/mol. The lowest BCUT2D eigenvalue weighted by atomic mass is 10.2. The van der Waals surface area contributed by atoms with Crippen LogP contribution >= 0.6 is 23.2 Å². The van der Waals surface area contributed by atoms with Gasteiger partial charge in [0.15, 0.2) is 0 Å². The fraction of sp³-hybridized carbons (Fsp3) is 0.235. The van der Waals surface area contributed by atoms with Crippen LogP contribution in [-0.2, 0) is 0 Å². The van der Waals surface area contributed by atoms with Crippen molar-refractivity contribution in [2.45, 2.75) is 0 Å². The molecule has 3 rings (SSSR count). The zero-order valence-corrected chi connectivity index (χ0v) is 13.5. The number of hydrogen-bond donors (Lipinski definition) is 0.